The molecule has 1 amide bonds. The highest BCUT2D eigenvalue weighted by molar-refractivity contribution is 5.92. The largest absolute Gasteiger partial charge is 0.468 e. The molecule has 0 fully saturated rings. The quantitative estimate of drug-likeness (QED) is 0.628. The minimum Gasteiger partial charge on any atom is -0.468 e. The Balaban J connectivity index is 3.02. The SMILES string of the molecule is COC(=O)CN(C(=O)OC(C)(C)C)c1cccc(F)n1. The van der Waals surface area contributed by atoms with Crippen LogP contribution in [0.15, 0.2) is 18.2 Å². The van der Waals surface area contributed by atoms with E-state index in [1.807, 2.05) is 0 Å². The number of methoxy groups -OCH3 is 1. The lowest BCUT2D eigenvalue weighted by Crippen LogP contribution is -2.40. The van der Waals surface area contributed by atoms with Gasteiger partial charge >= 0.3 is 12.1 Å². The van der Waals surface area contributed by atoms with Gasteiger partial charge in [-0.1, -0.05) is 6.07 Å². The van der Waals surface area contributed by atoms with Crippen LogP contribution in [0.25, 0.3) is 0 Å². The number of pyridine rings is 1. The van der Waals surface area contributed by atoms with Crippen LogP contribution in [0.1, 0.15) is 20.8 Å². The van der Waals surface area contributed by atoms with E-state index in [2.05, 4.69) is 9.72 Å². The number of carbonyl (C=O) groups excluding carboxylic acids is 2. The van der Waals surface area contributed by atoms with Gasteiger partial charge in [-0.25, -0.2) is 9.78 Å². The van der Waals surface area contributed by atoms with Crippen LogP contribution in [-0.2, 0) is 14.3 Å². The van der Waals surface area contributed by atoms with Gasteiger partial charge < -0.3 is 9.47 Å². The smallest absolute Gasteiger partial charge is 0.416 e. The molecule has 1 rings (SSSR count). The standard InChI is InChI=1S/C13H17FN2O4/c1-13(2,3)20-12(18)16(8-11(17)19-4)10-7-5-6-9(14)15-10/h5-7H,8H2,1-4H3. The summed E-state index contributed by atoms with van der Waals surface area (Å²) in [6, 6.07) is 3.91. The van der Waals surface area contributed by atoms with Crippen LogP contribution in [0.4, 0.5) is 15.0 Å². The Morgan fingerprint density at radius 2 is 2.00 bits per heavy atom. The van der Waals surface area contributed by atoms with Crippen LogP contribution >= 0.6 is 0 Å². The van der Waals surface area contributed by atoms with Crippen molar-refractivity contribution in [2.75, 3.05) is 18.6 Å². The predicted octanol–water partition coefficient (Wildman–Crippen LogP) is 2.14. The average molecular weight is 284 g/mol. The van der Waals surface area contributed by atoms with Gasteiger partial charge in [-0.3, -0.25) is 9.69 Å². The van der Waals surface area contributed by atoms with E-state index in [9.17, 15) is 14.0 Å². The Kier molecular flexibility index (Phi) is 5.01. The van der Waals surface area contributed by atoms with Crippen LogP contribution in [0.3, 0.4) is 0 Å². The molecule has 0 aliphatic rings. The van der Waals surface area contributed by atoms with Crippen molar-refractivity contribution in [2.24, 2.45) is 0 Å². The van der Waals surface area contributed by atoms with Gasteiger partial charge in [-0.15, -0.1) is 0 Å². The first-order chi connectivity index (χ1) is 9.23. The zero-order chi connectivity index (χ0) is 15.3. The number of esters is 1. The molecule has 20 heavy (non-hydrogen) atoms. The number of ether oxygens (including phenoxy) is 2. The number of anilines is 1. The van der Waals surface area contributed by atoms with Gasteiger partial charge in [0, 0.05) is 0 Å². The Morgan fingerprint density at radius 3 is 2.50 bits per heavy atom. The highest BCUT2D eigenvalue weighted by Crippen LogP contribution is 2.16. The van der Waals surface area contributed by atoms with Crippen LogP contribution in [0, 0.1) is 5.95 Å². The van der Waals surface area contributed by atoms with Gasteiger partial charge in [-0.2, -0.15) is 4.39 Å². The lowest BCUT2D eigenvalue weighted by atomic mass is 10.2. The van der Waals surface area contributed by atoms with Crippen molar-refractivity contribution in [2.45, 2.75) is 26.4 Å². The molecule has 0 saturated carbocycles. The van der Waals surface area contributed by atoms with Gasteiger partial charge in [0.15, 0.2) is 0 Å². The number of aromatic nitrogens is 1. The zero-order valence-electron chi connectivity index (χ0n) is 11.8. The molecule has 0 unspecified atom stereocenters. The molecule has 0 N–H and O–H groups in total. The van der Waals surface area contributed by atoms with Crippen molar-refractivity contribution in [3.8, 4) is 0 Å². The van der Waals surface area contributed by atoms with E-state index >= 15 is 0 Å². The summed E-state index contributed by atoms with van der Waals surface area (Å²) in [4.78, 5) is 27.9. The van der Waals surface area contributed by atoms with Crippen molar-refractivity contribution in [3.05, 3.63) is 24.1 Å². The number of halogens is 1. The molecule has 0 aliphatic heterocycles. The van der Waals surface area contributed by atoms with E-state index in [0.29, 0.717) is 0 Å². The van der Waals surface area contributed by atoms with E-state index in [4.69, 9.17) is 4.74 Å². The number of amides is 1. The molecule has 0 saturated heterocycles. The second-order valence-electron chi connectivity index (χ2n) is 4.96. The van der Waals surface area contributed by atoms with E-state index in [-0.39, 0.29) is 5.82 Å². The van der Waals surface area contributed by atoms with E-state index < -0.39 is 30.2 Å². The topological polar surface area (TPSA) is 68.7 Å². The van der Waals surface area contributed by atoms with Crippen LogP contribution in [0.2, 0.25) is 0 Å². The molecule has 1 aromatic rings. The molecule has 0 radical (unpaired) electrons. The highest BCUT2D eigenvalue weighted by Gasteiger charge is 2.26. The number of carbonyl (C=O) groups is 2. The third kappa shape index (κ3) is 4.83. The molecule has 0 aromatic carbocycles. The van der Waals surface area contributed by atoms with Gasteiger partial charge in [0.2, 0.25) is 5.95 Å². The molecule has 0 atom stereocenters. The predicted molar refractivity (Wildman–Crippen MR) is 69.8 cm³/mol. The van der Waals surface area contributed by atoms with Gasteiger partial charge in [0.1, 0.15) is 18.0 Å². The second kappa shape index (κ2) is 6.31. The van der Waals surface area contributed by atoms with Crippen molar-refractivity contribution >= 4 is 17.9 Å². The first kappa shape index (κ1) is 15.9. The molecule has 0 aliphatic carbocycles. The molecule has 1 heterocycles. The first-order valence-corrected chi connectivity index (χ1v) is 5.93. The summed E-state index contributed by atoms with van der Waals surface area (Å²) in [7, 11) is 1.19. The maximum absolute atomic E-state index is 13.1. The number of hydrogen-bond donors (Lipinski definition) is 0. The second-order valence-corrected chi connectivity index (χ2v) is 4.96. The molecular weight excluding hydrogens is 267 g/mol. The summed E-state index contributed by atoms with van der Waals surface area (Å²) in [5.41, 5.74) is -0.751. The summed E-state index contributed by atoms with van der Waals surface area (Å²) < 4.78 is 22.8. The summed E-state index contributed by atoms with van der Waals surface area (Å²) in [5, 5.41) is 0. The van der Waals surface area contributed by atoms with Crippen LogP contribution in [0.5, 0.6) is 0 Å². The van der Waals surface area contributed by atoms with Crippen molar-refractivity contribution in [1.29, 1.82) is 0 Å². The molecule has 6 nitrogen and oxygen atoms in total. The van der Waals surface area contributed by atoms with Gasteiger partial charge in [-0.05, 0) is 32.9 Å². The Labute approximate surface area is 116 Å². The van der Waals surface area contributed by atoms with Gasteiger partial charge in [0.05, 0.1) is 7.11 Å². The fourth-order valence-corrected chi connectivity index (χ4v) is 1.30. The molecule has 1 aromatic heterocycles. The summed E-state index contributed by atoms with van der Waals surface area (Å²) in [5.74, 6) is -1.45. The Morgan fingerprint density at radius 1 is 1.35 bits per heavy atom. The Bertz CT molecular complexity index is 499. The van der Waals surface area contributed by atoms with Crippen LogP contribution in [-0.4, -0.2) is 36.3 Å². The van der Waals surface area contributed by atoms with Crippen molar-refractivity contribution in [3.63, 3.8) is 0 Å². The van der Waals surface area contributed by atoms with Crippen molar-refractivity contribution < 1.29 is 23.5 Å². The maximum Gasteiger partial charge on any atom is 0.416 e. The molecule has 0 bridgehead atoms. The third-order valence-electron chi connectivity index (χ3n) is 2.11. The maximum atomic E-state index is 13.1. The van der Waals surface area contributed by atoms with Gasteiger partial charge in [0.25, 0.3) is 0 Å². The highest BCUT2D eigenvalue weighted by atomic mass is 19.1. The van der Waals surface area contributed by atoms with E-state index in [0.717, 1.165) is 11.0 Å². The lowest BCUT2D eigenvalue weighted by Gasteiger charge is -2.26. The first-order valence-electron chi connectivity index (χ1n) is 5.93. The number of hydrogen-bond acceptors (Lipinski definition) is 5. The molecular formula is C13H17FN2O4. The summed E-state index contributed by atoms with van der Waals surface area (Å²) >= 11 is 0. The lowest BCUT2D eigenvalue weighted by molar-refractivity contribution is -0.139. The third-order valence-corrected chi connectivity index (χ3v) is 2.11. The monoisotopic (exact) mass is 284 g/mol. The number of rotatable bonds is 3. The molecule has 110 valence electrons. The number of nitrogens with zero attached hydrogens (tertiary/aromatic N) is 2. The average Bonchev–Trinajstić information content (AvgIpc) is 2.33. The minimum absolute atomic E-state index is 0.0235. The van der Waals surface area contributed by atoms with E-state index in [1.165, 1.54) is 19.2 Å². The fourth-order valence-electron chi connectivity index (χ4n) is 1.30. The van der Waals surface area contributed by atoms with Crippen LogP contribution < -0.4 is 4.90 Å². The zero-order valence-corrected chi connectivity index (χ0v) is 11.8. The normalized spacial score (nSPS) is 10.8. The van der Waals surface area contributed by atoms with E-state index in [1.54, 1.807) is 20.8 Å². The van der Waals surface area contributed by atoms with Crippen molar-refractivity contribution in [1.82, 2.24) is 4.98 Å². The minimum atomic E-state index is -0.805. The molecule has 0 spiro atoms. The molecule has 7 heteroatoms. The summed E-state index contributed by atoms with van der Waals surface area (Å²) in [6.45, 7) is 4.63. The fraction of sp³-hybridized carbons (Fsp3) is 0.462. The summed E-state index contributed by atoms with van der Waals surface area (Å²) in [6.07, 6.45) is -0.805. The Hall–Kier alpha value is -2.18.